The Morgan fingerprint density at radius 3 is 1.64 bits per heavy atom. The number of unbranched alkanes of at least 4 members (excludes halogenated alkanes) is 12. The fraction of sp³-hybridized carbons (Fsp3) is 0.931. The van der Waals surface area contributed by atoms with Crippen molar-refractivity contribution in [2.75, 3.05) is 30.5 Å². The summed E-state index contributed by atoms with van der Waals surface area (Å²) in [5.74, 6) is 2.33. The standard InChI is InChI=1S/C29H57O4S.BF4/c1-5-9-11-12-13-14-15-16-17-18-19-20-23-32-28(30)22-24-34(8-4)26-29(31)33-25-27(7-3)21-10-6-2;2-1(3,4)5/h27H,5-26H2,1-4H3;/q+1;-1. The molecule has 0 fully saturated rings. The number of ether oxygens (including phenoxy) is 2. The third kappa shape index (κ3) is 35.0. The lowest BCUT2D eigenvalue weighted by Crippen LogP contribution is -2.26. The van der Waals surface area contributed by atoms with Gasteiger partial charge in [-0.2, -0.15) is 0 Å². The first-order chi connectivity index (χ1) is 18.6. The summed E-state index contributed by atoms with van der Waals surface area (Å²) in [5, 5.41) is 0. The largest absolute Gasteiger partial charge is 0.673 e. The Hall–Kier alpha value is -0.925. The van der Waals surface area contributed by atoms with E-state index >= 15 is 0 Å². The maximum Gasteiger partial charge on any atom is 0.673 e. The summed E-state index contributed by atoms with van der Waals surface area (Å²) >= 11 is 0. The molecule has 4 nitrogen and oxygen atoms in total. The summed E-state index contributed by atoms with van der Waals surface area (Å²) < 4.78 is 50.0. The minimum Gasteiger partial charge on any atom is -0.466 e. The van der Waals surface area contributed by atoms with Crippen molar-refractivity contribution in [2.45, 2.75) is 137 Å². The molecule has 10 heteroatoms. The van der Waals surface area contributed by atoms with Crippen LogP contribution in [0.2, 0.25) is 0 Å². The van der Waals surface area contributed by atoms with Crippen LogP contribution in [0.4, 0.5) is 17.3 Å². The Morgan fingerprint density at radius 1 is 0.692 bits per heavy atom. The average Bonchev–Trinajstić information content (AvgIpc) is 2.88. The zero-order chi connectivity index (χ0) is 29.8. The van der Waals surface area contributed by atoms with Gasteiger partial charge >= 0.3 is 19.2 Å². The normalized spacial score (nSPS) is 12.8. The van der Waals surface area contributed by atoms with E-state index < -0.39 is 7.25 Å². The molecule has 2 atom stereocenters. The van der Waals surface area contributed by atoms with Crippen molar-refractivity contribution < 1.29 is 36.3 Å². The molecule has 0 amide bonds. The van der Waals surface area contributed by atoms with E-state index in [0.717, 1.165) is 37.2 Å². The highest BCUT2D eigenvalue weighted by Crippen LogP contribution is 2.14. The molecule has 2 unspecified atom stereocenters. The molecule has 0 aliphatic heterocycles. The molecule has 0 saturated heterocycles. The Morgan fingerprint density at radius 2 is 1.18 bits per heavy atom. The zero-order valence-electron chi connectivity index (χ0n) is 25.3. The molecule has 0 aliphatic rings. The molecule has 234 valence electrons. The van der Waals surface area contributed by atoms with Gasteiger partial charge in [0.15, 0.2) is 0 Å². The van der Waals surface area contributed by atoms with Gasteiger partial charge in [-0.1, -0.05) is 111 Å². The molecular formula is C29H57BF4O4S. The lowest BCUT2D eigenvalue weighted by Gasteiger charge is -2.14. The van der Waals surface area contributed by atoms with Crippen LogP contribution >= 0.6 is 0 Å². The fourth-order valence-electron chi connectivity index (χ4n) is 4.06. The molecule has 0 aromatic carbocycles. The highest BCUT2D eigenvalue weighted by molar-refractivity contribution is 7.97. The fourth-order valence-corrected chi connectivity index (χ4v) is 5.57. The lowest BCUT2D eigenvalue weighted by molar-refractivity contribution is -0.144. The van der Waals surface area contributed by atoms with Crippen molar-refractivity contribution in [3.8, 4) is 0 Å². The van der Waals surface area contributed by atoms with Crippen LogP contribution in [0.15, 0.2) is 0 Å². The van der Waals surface area contributed by atoms with Crippen molar-refractivity contribution in [1.29, 1.82) is 0 Å². The maximum atomic E-state index is 12.2. The minimum atomic E-state index is -6.00. The van der Waals surface area contributed by atoms with Crippen LogP contribution in [0.1, 0.15) is 137 Å². The molecule has 0 aromatic heterocycles. The maximum absolute atomic E-state index is 12.2. The lowest BCUT2D eigenvalue weighted by atomic mass is 10.0. The van der Waals surface area contributed by atoms with Crippen molar-refractivity contribution in [2.24, 2.45) is 5.92 Å². The predicted octanol–water partition coefficient (Wildman–Crippen LogP) is 9.32. The molecule has 0 radical (unpaired) electrons. The molecule has 0 aliphatic carbocycles. The molecule has 0 aromatic rings. The molecule has 0 saturated carbocycles. The van der Waals surface area contributed by atoms with Gasteiger partial charge in [0.05, 0.1) is 19.6 Å². The summed E-state index contributed by atoms with van der Waals surface area (Å²) in [7, 11) is -6.10. The van der Waals surface area contributed by atoms with Crippen LogP contribution in [0.25, 0.3) is 0 Å². The summed E-state index contributed by atoms with van der Waals surface area (Å²) in [4.78, 5) is 24.3. The average molecular weight is 589 g/mol. The number of carbonyl (C=O) groups excluding carboxylic acids is 2. The number of carbonyl (C=O) groups is 2. The topological polar surface area (TPSA) is 52.6 Å². The van der Waals surface area contributed by atoms with Crippen LogP contribution in [0.3, 0.4) is 0 Å². The number of rotatable bonds is 25. The predicted molar refractivity (Wildman–Crippen MR) is 159 cm³/mol. The van der Waals surface area contributed by atoms with E-state index in [0.29, 0.717) is 31.3 Å². The molecule has 0 N–H and O–H groups in total. The van der Waals surface area contributed by atoms with E-state index in [-0.39, 0.29) is 22.8 Å². The molecule has 0 heterocycles. The number of hydrogen-bond acceptors (Lipinski definition) is 4. The van der Waals surface area contributed by atoms with Gasteiger partial charge in [0.2, 0.25) is 5.75 Å². The van der Waals surface area contributed by atoms with E-state index in [1.54, 1.807) is 0 Å². The van der Waals surface area contributed by atoms with Gasteiger partial charge < -0.3 is 26.7 Å². The molecule has 0 bridgehead atoms. The zero-order valence-corrected chi connectivity index (χ0v) is 26.1. The van der Waals surface area contributed by atoms with Crippen LogP contribution in [0.5, 0.6) is 0 Å². The number of halogens is 4. The minimum absolute atomic E-state index is 0.0970. The second kappa shape index (κ2) is 28.6. The molecule has 39 heavy (non-hydrogen) atoms. The quantitative estimate of drug-likeness (QED) is 0.0351. The van der Waals surface area contributed by atoms with Crippen LogP contribution in [-0.2, 0) is 30.0 Å². The van der Waals surface area contributed by atoms with Crippen LogP contribution in [0, 0.1) is 5.92 Å². The van der Waals surface area contributed by atoms with Gasteiger partial charge in [-0.05, 0) is 36.6 Å². The molecule has 0 rings (SSSR count). The van der Waals surface area contributed by atoms with E-state index in [1.807, 2.05) is 0 Å². The van der Waals surface area contributed by atoms with Gasteiger partial charge in [-0.15, -0.1) is 0 Å². The van der Waals surface area contributed by atoms with Crippen molar-refractivity contribution in [3.63, 3.8) is 0 Å². The smallest absolute Gasteiger partial charge is 0.466 e. The van der Waals surface area contributed by atoms with Gasteiger partial charge in [0.1, 0.15) is 11.5 Å². The second-order valence-electron chi connectivity index (χ2n) is 10.2. The van der Waals surface area contributed by atoms with Crippen LogP contribution in [-0.4, -0.2) is 49.7 Å². The summed E-state index contributed by atoms with van der Waals surface area (Å²) in [5.41, 5.74) is 0. The van der Waals surface area contributed by atoms with Crippen molar-refractivity contribution in [1.82, 2.24) is 0 Å². The number of hydrogen-bond donors (Lipinski definition) is 0. The highest BCUT2D eigenvalue weighted by atomic mass is 32.2. The number of esters is 2. The van der Waals surface area contributed by atoms with Gasteiger partial charge in [0.25, 0.3) is 0 Å². The summed E-state index contributed by atoms with van der Waals surface area (Å²) in [6.45, 7) is 9.78. The Labute approximate surface area is 239 Å². The first-order valence-corrected chi connectivity index (χ1v) is 17.1. The van der Waals surface area contributed by atoms with Crippen molar-refractivity contribution in [3.05, 3.63) is 0 Å². The Balaban J connectivity index is 0. The van der Waals surface area contributed by atoms with E-state index in [4.69, 9.17) is 9.47 Å². The second-order valence-corrected chi connectivity index (χ2v) is 12.7. The third-order valence-electron chi connectivity index (χ3n) is 6.61. The molecule has 0 spiro atoms. The highest BCUT2D eigenvalue weighted by Gasteiger charge is 2.24. The SMILES string of the molecule is CCCCCCCCCCCCCCOC(=O)CC[S+](CC)CC(=O)OCC(CC)CCCC.F[B-](F)(F)F. The van der Waals surface area contributed by atoms with E-state index in [2.05, 4.69) is 27.7 Å². The van der Waals surface area contributed by atoms with Crippen molar-refractivity contribution >= 4 is 30.1 Å². The van der Waals surface area contributed by atoms with E-state index in [9.17, 15) is 26.9 Å². The first-order valence-electron chi connectivity index (χ1n) is 15.4. The Bertz CT molecular complexity index is 562. The van der Waals surface area contributed by atoms with E-state index in [1.165, 1.54) is 77.0 Å². The molecular weight excluding hydrogens is 531 g/mol. The summed E-state index contributed by atoms with van der Waals surface area (Å²) in [6, 6.07) is 0. The summed E-state index contributed by atoms with van der Waals surface area (Å²) in [6.07, 6.45) is 20.6. The van der Waals surface area contributed by atoms with Crippen LogP contribution < -0.4 is 0 Å². The van der Waals surface area contributed by atoms with Gasteiger partial charge in [-0.3, -0.25) is 4.79 Å². The van der Waals surface area contributed by atoms with Gasteiger partial charge in [0, 0.05) is 0 Å². The first kappa shape index (κ1) is 40.2. The third-order valence-corrected chi connectivity index (χ3v) is 8.85. The Kier molecular flexibility index (Phi) is 29.5. The monoisotopic (exact) mass is 588 g/mol. The van der Waals surface area contributed by atoms with Gasteiger partial charge in [-0.25, -0.2) is 4.79 Å².